The molecule has 5 nitrogen and oxygen atoms in total. The lowest BCUT2D eigenvalue weighted by Gasteiger charge is -2.40. The van der Waals surface area contributed by atoms with Crippen molar-refractivity contribution in [2.75, 3.05) is 18.0 Å². The van der Waals surface area contributed by atoms with Gasteiger partial charge in [-0.2, -0.15) is 13.2 Å². The molecule has 1 fully saturated rings. The third kappa shape index (κ3) is 5.16. The maximum Gasteiger partial charge on any atom is 0.418 e. The standard InChI is InChI=1S/C22H27F3N4O/c1-4-16-12-29(13-17(27-16)10-14(2)3)19-8-7-18(22(23,24)25)20(28-19)21(30)15-6-5-9-26-11-15/h5-9,11,14,16-17,27H,4,10,12-13H2,1-3H3/t16-,17-/m0/s1. The zero-order valence-electron chi connectivity index (χ0n) is 17.4. The third-order valence-electron chi connectivity index (χ3n) is 5.25. The van der Waals surface area contributed by atoms with E-state index in [0.29, 0.717) is 24.8 Å². The number of ketones is 1. The number of aromatic nitrogens is 2. The first kappa shape index (κ1) is 22.2. The van der Waals surface area contributed by atoms with Gasteiger partial charge in [0.1, 0.15) is 11.5 Å². The van der Waals surface area contributed by atoms with Crippen molar-refractivity contribution >= 4 is 11.6 Å². The first-order valence-electron chi connectivity index (χ1n) is 10.2. The lowest BCUT2D eigenvalue weighted by atomic mass is 9.98. The van der Waals surface area contributed by atoms with E-state index in [-0.39, 0.29) is 17.6 Å². The molecule has 1 aliphatic rings. The highest BCUT2D eigenvalue weighted by atomic mass is 19.4. The van der Waals surface area contributed by atoms with Crippen LogP contribution in [0.4, 0.5) is 19.0 Å². The largest absolute Gasteiger partial charge is 0.418 e. The fourth-order valence-electron chi connectivity index (χ4n) is 3.85. The number of piperazine rings is 1. The SMILES string of the molecule is CC[C@H]1CN(c2ccc(C(F)(F)F)c(C(=O)c3cccnc3)n2)C[C@H](CC(C)C)N1. The Labute approximate surface area is 174 Å². The van der Waals surface area contributed by atoms with Crippen molar-refractivity contribution in [3.63, 3.8) is 0 Å². The van der Waals surface area contributed by atoms with Gasteiger partial charge in [-0.3, -0.25) is 9.78 Å². The molecule has 30 heavy (non-hydrogen) atoms. The number of nitrogens with zero attached hydrogens (tertiary/aromatic N) is 3. The Bertz CT molecular complexity index is 870. The molecule has 1 N–H and O–H groups in total. The van der Waals surface area contributed by atoms with Crippen LogP contribution in [-0.4, -0.2) is 40.9 Å². The normalized spacial score (nSPS) is 19.9. The van der Waals surface area contributed by atoms with Crippen molar-refractivity contribution in [3.05, 3.63) is 53.5 Å². The van der Waals surface area contributed by atoms with E-state index in [0.717, 1.165) is 18.9 Å². The molecule has 8 heteroatoms. The van der Waals surface area contributed by atoms with E-state index >= 15 is 0 Å². The van der Waals surface area contributed by atoms with E-state index in [1.807, 2.05) is 4.90 Å². The predicted molar refractivity (Wildman–Crippen MR) is 110 cm³/mol. The molecular weight excluding hydrogens is 393 g/mol. The molecule has 0 saturated carbocycles. The van der Waals surface area contributed by atoms with Gasteiger partial charge in [0.15, 0.2) is 0 Å². The number of halogens is 3. The van der Waals surface area contributed by atoms with Crippen molar-refractivity contribution < 1.29 is 18.0 Å². The summed E-state index contributed by atoms with van der Waals surface area (Å²) in [4.78, 5) is 22.9. The van der Waals surface area contributed by atoms with Crippen LogP contribution in [0, 0.1) is 5.92 Å². The van der Waals surface area contributed by atoms with Crippen molar-refractivity contribution in [3.8, 4) is 0 Å². The second-order valence-electron chi connectivity index (χ2n) is 8.14. The number of nitrogens with one attached hydrogen (secondary N) is 1. The average Bonchev–Trinajstić information content (AvgIpc) is 2.72. The Hall–Kier alpha value is -2.48. The summed E-state index contributed by atoms with van der Waals surface area (Å²) in [7, 11) is 0. The Balaban J connectivity index is 1.98. The van der Waals surface area contributed by atoms with E-state index in [1.165, 1.54) is 30.6 Å². The van der Waals surface area contributed by atoms with Gasteiger partial charge in [-0.25, -0.2) is 4.98 Å². The highest BCUT2D eigenvalue weighted by molar-refractivity contribution is 6.08. The molecule has 3 heterocycles. The molecule has 0 unspecified atom stereocenters. The Morgan fingerprint density at radius 3 is 2.57 bits per heavy atom. The van der Waals surface area contributed by atoms with Crippen LogP contribution in [0.3, 0.4) is 0 Å². The van der Waals surface area contributed by atoms with Crippen LogP contribution < -0.4 is 10.2 Å². The van der Waals surface area contributed by atoms with E-state index < -0.39 is 23.2 Å². The molecule has 3 rings (SSSR count). The van der Waals surface area contributed by atoms with Crippen molar-refractivity contribution in [2.45, 2.75) is 51.9 Å². The van der Waals surface area contributed by atoms with E-state index in [2.05, 4.69) is 36.1 Å². The molecule has 2 atom stereocenters. The Kier molecular flexibility index (Phi) is 6.75. The minimum Gasteiger partial charge on any atom is -0.353 e. The van der Waals surface area contributed by atoms with E-state index in [9.17, 15) is 18.0 Å². The number of alkyl halides is 3. The summed E-state index contributed by atoms with van der Waals surface area (Å²) in [5, 5.41) is 3.61. The fraction of sp³-hybridized carbons (Fsp3) is 0.500. The van der Waals surface area contributed by atoms with Crippen LogP contribution in [0.25, 0.3) is 0 Å². The van der Waals surface area contributed by atoms with Gasteiger partial charge in [0, 0.05) is 43.1 Å². The molecule has 0 aliphatic carbocycles. The van der Waals surface area contributed by atoms with Crippen LogP contribution in [0.15, 0.2) is 36.7 Å². The second kappa shape index (κ2) is 9.12. The van der Waals surface area contributed by atoms with Gasteiger partial charge in [0.05, 0.1) is 5.56 Å². The second-order valence-corrected chi connectivity index (χ2v) is 8.14. The molecule has 1 saturated heterocycles. The number of carbonyl (C=O) groups excluding carboxylic acids is 1. The summed E-state index contributed by atoms with van der Waals surface area (Å²) < 4.78 is 40.8. The third-order valence-corrected chi connectivity index (χ3v) is 5.25. The van der Waals surface area contributed by atoms with Crippen LogP contribution >= 0.6 is 0 Å². The Morgan fingerprint density at radius 2 is 1.97 bits per heavy atom. The predicted octanol–water partition coefficient (Wildman–Crippen LogP) is 4.33. The van der Waals surface area contributed by atoms with Gasteiger partial charge in [-0.1, -0.05) is 20.8 Å². The van der Waals surface area contributed by atoms with Gasteiger partial charge in [0.2, 0.25) is 5.78 Å². The number of rotatable bonds is 6. The molecule has 0 aromatic carbocycles. The number of hydrogen-bond acceptors (Lipinski definition) is 5. The van der Waals surface area contributed by atoms with E-state index in [1.54, 1.807) is 0 Å². The number of hydrogen-bond donors (Lipinski definition) is 1. The minimum atomic E-state index is -4.67. The number of anilines is 1. The highest BCUT2D eigenvalue weighted by Gasteiger charge is 2.37. The first-order chi connectivity index (χ1) is 14.2. The van der Waals surface area contributed by atoms with Gasteiger partial charge in [-0.05, 0) is 43.0 Å². The number of carbonyl (C=O) groups is 1. The van der Waals surface area contributed by atoms with E-state index in [4.69, 9.17) is 0 Å². The van der Waals surface area contributed by atoms with Crippen LogP contribution in [0.5, 0.6) is 0 Å². The average molecular weight is 420 g/mol. The molecule has 0 bridgehead atoms. The zero-order valence-corrected chi connectivity index (χ0v) is 17.4. The molecule has 0 amide bonds. The molecule has 1 aliphatic heterocycles. The van der Waals surface area contributed by atoms with Crippen molar-refractivity contribution in [2.24, 2.45) is 5.92 Å². The summed E-state index contributed by atoms with van der Waals surface area (Å²) >= 11 is 0. The maximum atomic E-state index is 13.6. The monoisotopic (exact) mass is 420 g/mol. The topological polar surface area (TPSA) is 58.1 Å². The minimum absolute atomic E-state index is 0.0806. The van der Waals surface area contributed by atoms with Crippen LogP contribution in [0.1, 0.15) is 55.2 Å². The zero-order chi connectivity index (χ0) is 21.9. The summed E-state index contributed by atoms with van der Waals surface area (Å²) in [6.07, 6.45) is -0.101. The van der Waals surface area contributed by atoms with Gasteiger partial charge in [0.25, 0.3) is 0 Å². The summed E-state index contributed by atoms with van der Waals surface area (Å²) in [5.74, 6) is 0.102. The molecule has 2 aromatic heterocycles. The fourth-order valence-corrected chi connectivity index (χ4v) is 3.85. The highest BCUT2D eigenvalue weighted by Crippen LogP contribution is 2.34. The molecule has 0 spiro atoms. The van der Waals surface area contributed by atoms with Gasteiger partial charge in [-0.15, -0.1) is 0 Å². The van der Waals surface area contributed by atoms with Crippen molar-refractivity contribution in [1.82, 2.24) is 15.3 Å². The lowest BCUT2D eigenvalue weighted by Crippen LogP contribution is -2.57. The summed E-state index contributed by atoms with van der Waals surface area (Å²) in [5.41, 5.74) is -1.53. The number of pyridine rings is 2. The molecule has 2 aromatic rings. The van der Waals surface area contributed by atoms with Crippen molar-refractivity contribution in [1.29, 1.82) is 0 Å². The molecule has 162 valence electrons. The summed E-state index contributed by atoms with van der Waals surface area (Å²) in [6.45, 7) is 7.62. The Morgan fingerprint density at radius 1 is 1.23 bits per heavy atom. The smallest absolute Gasteiger partial charge is 0.353 e. The molecule has 0 radical (unpaired) electrons. The van der Waals surface area contributed by atoms with Crippen LogP contribution in [0.2, 0.25) is 0 Å². The van der Waals surface area contributed by atoms with Crippen LogP contribution in [-0.2, 0) is 6.18 Å². The maximum absolute atomic E-state index is 13.6. The summed E-state index contributed by atoms with van der Waals surface area (Å²) in [6, 6.07) is 5.72. The quantitative estimate of drug-likeness (QED) is 0.705. The molecular formula is C22H27F3N4O. The lowest BCUT2D eigenvalue weighted by molar-refractivity contribution is -0.138. The first-order valence-corrected chi connectivity index (χ1v) is 10.2. The van der Waals surface area contributed by atoms with Gasteiger partial charge < -0.3 is 10.2 Å². The van der Waals surface area contributed by atoms with Gasteiger partial charge >= 0.3 is 6.18 Å².